The molecule has 102 valence electrons. The Balaban J connectivity index is 2.28. The molecule has 0 saturated heterocycles. The molecule has 1 heterocycles. The number of hydrogen-bond acceptors (Lipinski definition) is 2. The minimum atomic E-state index is 0.0164. The largest absolute Gasteiger partial charge is 0.377 e. The molecule has 0 spiro atoms. The van der Waals surface area contributed by atoms with E-state index in [2.05, 4.69) is 23.6 Å². The number of fused-ring (bicyclic) bond motifs is 3. The molecule has 0 radical (unpaired) electrons. The Labute approximate surface area is 117 Å². The maximum atomic E-state index is 12.0. The number of ether oxygens (including phenoxy) is 1. The Morgan fingerprint density at radius 3 is 2.60 bits per heavy atom. The summed E-state index contributed by atoms with van der Waals surface area (Å²) in [6.45, 7) is 3.17. The van der Waals surface area contributed by atoms with Crippen molar-refractivity contribution in [1.82, 2.24) is 4.57 Å². The van der Waals surface area contributed by atoms with Gasteiger partial charge in [0.1, 0.15) is 6.61 Å². The van der Waals surface area contributed by atoms with Gasteiger partial charge >= 0.3 is 0 Å². The summed E-state index contributed by atoms with van der Waals surface area (Å²) in [5.41, 5.74) is 3.09. The first-order valence-electron chi connectivity index (χ1n) is 6.79. The number of carbonyl (C=O) groups is 1. The van der Waals surface area contributed by atoms with Gasteiger partial charge in [0.15, 0.2) is 5.78 Å². The molecule has 3 heteroatoms. The van der Waals surface area contributed by atoms with Gasteiger partial charge in [0.05, 0.1) is 0 Å². The van der Waals surface area contributed by atoms with E-state index >= 15 is 0 Å². The van der Waals surface area contributed by atoms with Gasteiger partial charge in [0.25, 0.3) is 0 Å². The molecule has 0 amide bonds. The third-order valence-corrected chi connectivity index (χ3v) is 3.69. The molecule has 0 unspecified atom stereocenters. The fraction of sp³-hybridized carbons (Fsp3) is 0.235. The molecule has 0 N–H and O–H groups in total. The smallest absolute Gasteiger partial charge is 0.188 e. The number of methoxy groups -OCH3 is 1. The van der Waals surface area contributed by atoms with Gasteiger partial charge in [-0.15, -0.1) is 0 Å². The van der Waals surface area contributed by atoms with Crippen LogP contribution in [0.2, 0.25) is 0 Å². The quantitative estimate of drug-likeness (QED) is 0.676. The predicted octanol–water partition coefficient (Wildman–Crippen LogP) is 3.64. The van der Waals surface area contributed by atoms with Crippen LogP contribution in [0.25, 0.3) is 21.8 Å². The topological polar surface area (TPSA) is 31.2 Å². The molecule has 3 aromatic rings. The minimum Gasteiger partial charge on any atom is -0.377 e. The van der Waals surface area contributed by atoms with Crippen molar-refractivity contribution < 1.29 is 9.53 Å². The zero-order chi connectivity index (χ0) is 14.1. The summed E-state index contributed by atoms with van der Waals surface area (Å²) in [6, 6.07) is 14.2. The first kappa shape index (κ1) is 12.9. The average Bonchev–Trinajstić information content (AvgIpc) is 2.80. The van der Waals surface area contributed by atoms with Gasteiger partial charge in [0, 0.05) is 41.0 Å². The normalized spacial score (nSPS) is 11.3. The number of rotatable bonds is 4. The van der Waals surface area contributed by atoms with Crippen molar-refractivity contribution in [3.8, 4) is 0 Å². The van der Waals surface area contributed by atoms with Crippen LogP contribution in [0.1, 0.15) is 17.3 Å². The molecule has 0 saturated carbocycles. The summed E-state index contributed by atoms with van der Waals surface area (Å²) in [4.78, 5) is 12.0. The molecule has 0 fully saturated rings. The Bertz CT molecular complexity index is 786. The highest BCUT2D eigenvalue weighted by atomic mass is 16.5. The molecule has 20 heavy (non-hydrogen) atoms. The van der Waals surface area contributed by atoms with Gasteiger partial charge in [-0.25, -0.2) is 0 Å². The Kier molecular flexibility index (Phi) is 3.28. The van der Waals surface area contributed by atoms with E-state index in [-0.39, 0.29) is 12.4 Å². The second-order valence-electron chi connectivity index (χ2n) is 4.85. The number of carbonyl (C=O) groups excluding carboxylic acids is 1. The first-order valence-corrected chi connectivity index (χ1v) is 6.79. The molecule has 2 aromatic carbocycles. The number of nitrogens with zero attached hydrogens (tertiary/aromatic N) is 1. The van der Waals surface area contributed by atoms with E-state index in [1.807, 2.05) is 30.3 Å². The maximum absolute atomic E-state index is 12.0. The summed E-state index contributed by atoms with van der Waals surface area (Å²) in [5.74, 6) is 0.0164. The summed E-state index contributed by atoms with van der Waals surface area (Å²) < 4.78 is 7.20. The van der Waals surface area contributed by atoms with E-state index in [1.165, 1.54) is 16.4 Å². The lowest BCUT2D eigenvalue weighted by Crippen LogP contribution is -2.06. The van der Waals surface area contributed by atoms with Gasteiger partial charge in [0.2, 0.25) is 0 Å². The van der Waals surface area contributed by atoms with E-state index in [0.717, 1.165) is 11.9 Å². The van der Waals surface area contributed by atoms with E-state index in [4.69, 9.17) is 4.74 Å². The SMILES string of the molecule is CCn1c2ccccc2c2cc(C(=O)COC)ccc21. The van der Waals surface area contributed by atoms with Crippen molar-refractivity contribution in [1.29, 1.82) is 0 Å². The van der Waals surface area contributed by atoms with Crippen LogP contribution in [-0.4, -0.2) is 24.1 Å². The van der Waals surface area contributed by atoms with Crippen molar-refractivity contribution in [3.63, 3.8) is 0 Å². The van der Waals surface area contributed by atoms with E-state index < -0.39 is 0 Å². The van der Waals surface area contributed by atoms with Gasteiger partial charge in [-0.1, -0.05) is 18.2 Å². The molecule has 0 aliphatic carbocycles. The molecule has 0 aliphatic rings. The van der Waals surface area contributed by atoms with Crippen LogP contribution in [0.3, 0.4) is 0 Å². The van der Waals surface area contributed by atoms with Crippen LogP contribution in [0.5, 0.6) is 0 Å². The predicted molar refractivity (Wildman–Crippen MR) is 81.3 cm³/mol. The number of para-hydroxylation sites is 1. The van der Waals surface area contributed by atoms with Crippen LogP contribution < -0.4 is 0 Å². The van der Waals surface area contributed by atoms with Crippen molar-refractivity contribution in [2.45, 2.75) is 13.5 Å². The summed E-state index contributed by atoms with van der Waals surface area (Å²) >= 11 is 0. The third kappa shape index (κ3) is 1.91. The summed E-state index contributed by atoms with van der Waals surface area (Å²) in [7, 11) is 1.54. The van der Waals surface area contributed by atoms with Crippen molar-refractivity contribution in [3.05, 3.63) is 48.0 Å². The molecular formula is C17H17NO2. The van der Waals surface area contributed by atoms with Crippen molar-refractivity contribution in [2.75, 3.05) is 13.7 Å². The summed E-state index contributed by atoms with van der Waals surface area (Å²) in [6.07, 6.45) is 0. The fourth-order valence-corrected chi connectivity index (χ4v) is 2.78. The number of aromatic nitrogens is 1. The summed E-state index contributed by atoms with van der Waals surface area (Å²) in [5, 5.41) is 2.32. The average molecular weight is 267 g/mol. The van der Waals surface area contributed by atoms with Gasteiger partial charge in [-0.05, 0) is 31.2 Å². The standard InChI is InChI=1S/C17H17NO2/c1-3-18-15-7-5-4-6-13(15)14-10-12(8-9-16(14)18)17(19)11-20-2/h4-10H,3,11H2,1-2H3. The molecule has 1 aromatic heterocycles. The molecule has 0 atom stereocenters. The molecule has 3 nitrogen and oxygen atoms in total. The number of benzene rings is 2. The number of ketones is 1. The van der Waals surface area contributed by atoms with Crippen LogP contribution in [0, 0.1) is 0 Å². The number of aryl methyl sites for hydroxylation is 1. The highest BCUT2D eigenvalue weighted by Crippen LogP contribution is 2.29. The monoisotopic (exact) mass is 267 g/mol. The molecule has 0 aliphatic heterocycles. The minimum absolute atomic E-state index is 0.0164. The van der Waals surface area contributed by atoms with E-state index in [9.17, 15) is 4.79 Å². The Morgan fingerprint density at radius 2 is 1.85 bits per heavy atom. The number of Topliss-reactive ketones (excluding diaryl/α,β-unsaturated/α-hetero) is 1. The van der Waals surface area contributed by atoms with Gasteiger partial charge in [-0.2, -0.15) is 0 Å². The van der Waals surface area contributed by atoms with Crippen molar-refractivity contribution in [2.24, 2.45) is 0 Å². The van der Waals surface area contributed by atoms with E-state index in [0.29, 0.717) is 5.56 Å². The Morgan fingerprint density at radius 1 is 1.10 bits per heavy atom. The van der Waals surface area contributed by atoms with E-state index in [1.54, 1.807) is 7.11 Å². The van der Waals surface area contributed by atoms with Crippen LogP contribution in [-0.2, 0) is 11.3 Å². The lowest BCUT2D eigenvalue weighted by Gasteiger charge is -2.03. The Hall–Kier alpha value is -2.13. The molecule has 3 rings (SSSR count). The van der Waals surface area contributed by atoms with Crippen molar-refractivity contribution >= 4 is 27.6 Å². The molecule has 0 bridgehead atoms. The lowest BCUT2D eigenvalue weighted by atomic mass is 10.1. The van der Waals surface area contributed by atoms with Gasteiger partial charge in [-0.3, -0.25) is 4.79 Å². The number of hydrogen-bond donors (Lipinski definition) is 0. The van der Waals surface area contributed by atoms with Crippen LogP contribution in [0.15, 0.2) is 42.5 Å². The first-order chi connectivity index (χ1) is 9.76. The second kappa shape index (κ2) is 5.10. The zero-order valence-electron chi connectivity index (χ0n) is 11.7. The van der Waals surface area contributed by atoms with Gasteiger partial charge < -0.3 is 9.30 Å². The third-order valence-electron chi connectivity index (χ3n) is 3.69. The highest BCUT2D eigenvalue weighted by Gasteiger charge is 2.12. The lowest BCUT2D eigenvalue weighted by molar-refractivity contribution is 0.0848. The highest BCUT2D eigenvalue weighted by molar-refractivity contribution is 6.11. The van der Waals surface area contributed by atoms with Crippen LogP contribution >= 0.6 is 0 Å². The zero-order valence-corrected chi connectivity index (χ0v) is 11.7. The van der Waals surface area contributed by atoms with Crippen LogP contribution in [0.4, 0.5) is 0 Å². The molecular weight excluding hydrogens is 250 g/mol. The fourth-order valence-electron chi connectivity index (χ4n) is 2.78. The maximum Gasteiger partial charge on any atom is 0.188 e. The second-order valence-corrected chi connectivity index (χ2v) is 4.85.